The minimum atomic E-state index is -0.940. The molecular weight excluding hydrogens is 416 g/mol. The number of hydrogen-bond acceptors (Lipinski definition) is 5. The van der Waals surface area contributed by atoms with Crippen molar-refractivity contribution in [2.24, 2.45) is 17.8 Å². The van der Waals surface area contributed by atoms with Crippen LogP contribution in [0, 0.1) is 24.7 Å². The van der Waals surface area contributed by atoms with Gasteiger partial charge in [0.2, 0.25) is 0 Å². The average Bonchev–Trinajstić information content (AvgIpc) is 2.73. The molecule has 0 saturated heterocycles. The van der Waals surface area contributed by atoms with Crippen molar-refractivity contribution >= 4 is 23.1 Å². The van der Waals surface area contributed by atoms with Crippen LogP contribution in [-0.4, -0.2) is 27.6 Å². The molecule has 3 unspecified atom stereocenters. The Bertz CT molecular complexity index is 1310. The van der Waals surface area contributed by atoms with Crippen molar-refractivity contribution in [2.45, 2.75) is 40.0 Å². The molecule has 2 N–H and O–H groups in total. The number of aliphatic hydroxyl groups is 1. The maximum atomic E-state index is 13.6. The molecule has 0 aliphatic heterocycles. The van der Waals surface area contributed by atoms with Crippen LogP contribution in [0.2, 0.25) is 0 Å². The number of ketones is 3. The number of aromatic hydroxyl groups is 1. The van der Waals surface area contributed by atoms with Gasteiger partial charge in [0.05, 0.1) is 17.1 Å². The van der Waals surface area contributed by atoms with Gasteiger partial charge in [-0.1, -0.05) is 41.5 Å². The molecule has 0 spiro atoms. The van der Waals surface area contributed by atoms with Gasteiger partial charge in [0.25, 0.3) is 0 Å². The molecule has 0 aromatic heterocycles. The number of Topliss-reactive ketones (excluding diaryl/α,β-unsaturated/α-hetero) is 3. The molecule has 0 heterocycles. The first kappa shape index (κ1) is 21.4. The predicted octanol–water partition coefficient (Wildman–Crippen LogP) is 4.89. The van der Waals surface area contributed by atoms with Gasteiger partial charge in [-0.15, -0.1) is 0 Å². The quantitative estimate of drug-likeness (QED) is 0.510. The van der Waals surface area contributed by atoms with E-state index in [1.807, 2.05) is 31.2 Å². The van der Waals surface area contributed by atoms with E-state index in [2.05, 4.69) is 6.07 Å². The largest absolute Gasteiger partial charge is 0.507 e. The summed E-state index contributed by atoms with van der Waals surface area (Å²) in [6, 6.07) is 11.4. The molecule has 3 aliphatic carbocycles. The van der Waals surface area contributed by atoms with Crippen LogP contribution < -0.4 is 0 Å². The highest BCUT2D eigenvalue weighted by molar-refractivity contribution is 6.28. The SMILES string of the molecule is CC(=O)C1=C(C)CC2CC3Cc4c(-c5cccc(C)c5)ccc(O)c4C(O)=C3C(=O)C2C1=O. The number of carbonyl (C=O) groups excluding carboxylic acids is 3. The van der Waals surface area contributed by atoms with E-state index in [1.54, 1.807) is 6.92 Å². The lowest BCUT2D eigenvalue weighted by atomic mass is 9.60. The van der Waals surface area contributed by atoms with E-state index in [0.717, 1.165) is 27.8 Å². The third-order valence-electron chi connectivity index (χ3n) is 7.45. The van der Waals surface area contributed by atoms with Gasteiger partial charge < -0.3 is 10.2 Å². The Morgan fingerprint density at radius 1 is 1.00 bits per heavy atom. The maximum Gasteiger partial charge on any atom is 0.177 e. The van der Waals surface area contributed by atoms with E-state index in [0.29, 0.717) is 19.3 Å². The zero-order valence-corrected chi connectivity index (χ0v) is 18.9. The zero-order valence-electron chi connectivity index (χ0n) is 18.9. The summed E-state index contributed by atoms with van der Waals surface area (Å²) in [5.74, 6) is -2.84. The minimum absolute atomic E-state index is 0.0880. The van der Waals surface area contributed by atoms with Crippen LogP contribution in [0.1, 0.15) is 43.4 Å². The summed E-state index contributed by atoms with van der Waals surface area (Å²) in [6.07, 6.45) is 1.60. The molecule has 0 bridgehead atoms. The van der Waals surface area contributed by atoms with Crippen LogP contribution in [0.4, 0.5) is 0 Å². The number of fused-ring (bicyclic) bond motifs is 3. The second kappa shape index (κ2) is 7.55. The summed E-state index contributed by atoms with van der Waals surface area (Å²) in [5, 5.41) is 21.9. The number of benzene rings is 2. The molecule has 5 nitrogen and oxygen atoms in total. The molecule has 5 rings (SSSR count). The highest BCUT2D eigenvalue weighted by Gasteiger charge is 2.50. The van der Waals surface area contributed by atoms with Crippen molar-refractivity contribution in [3.8, 4) is 16.9 Å². The minimum Gasteiger partial charge on any atom is -0.507 e. The van der Waals surface area contributed by atoms with Gasteiger partial charge in [-0.2, -0.15) is 0 Å². The molecule has 3 aliphatic rings. The van der Waals surface area contributed by atoms with Gasteiger partial charge in [-0.25, -0.2) is 0 Å². The maximum absolute atomic E-state index is 13.6. The van der Waals surface area contributed by atoms with Gasteiger partial charge in [0, 0.05) is 5.57 Å². The van der Waals surface area contributed by atoms with E-state index in [9.17, 15) is 24.6 Å². The lowest BCUT2D eigenvalue weighted by Crippen LogP contribution is -2.45. The number of aryl methyl sites for hydroxylation is 1. The van der Waals surface area contributed by atoms with Crippen molar-refractivity contribution < 1.29 is 24.6 Å². The fourth-order valence-electron chi connectivity index (χ4n) is 6.14. The van der Waals surface area contributed by atoms with Crippen LogP contribution >= 0.6 is 0 Å². The molecule has 1 fully saturated rings. The third-order valence-corrected chi connectivity index (χ3v) is 7.45. The van der Waals surface area contributed by atoms with Gasteiger partial charge in [0.1, 0.15) is 11.5 Å². The van der Waals surface area contributed by atoms with Gasteiger partial charge in [0.15, 0.2) is 17.3 Å². The predicted molar refractivity (Wildman–Crippen MR) is 125 cm³/mol. The van der Waals surface area contributed by atoms with Crippen LogP contribution in [0.25, 0.3) is 16.9 Å². The number of aliphatic hydroxyl groups excluding tert-OH is 1. The number of hydrogen-bond donors (Lipinski definition) is 2. The second-order valence-corrected chi connectivity index (χ2v) is 9.64. The van der Waals surface area contributed by atoms with Crippen molar-refractivity contribution in [1.29, 1.82) is 0 Å². The number of rotatable bonds is 2. The molecule has 1 saturated carbocycles. The van der Waals surface area contributed by atoms with Gasteiger partial charge in [-0.05, 0) is 74.6 Å². The molecule has 2 aromatic rings. The lowest BCUT2D eigenvalue weighted by Gasteiger charge is -2.41. The van der Waals surface area contributed by atoms with Crippen LogP contribution in [-0.2, 0) is 20.8 Å². The highest BCUT2D eigenvalue weighted by atomic mass is 16.3. The van der Waals surface area contributed by atoms with E-state index >= 15 is 0 Å². The van der Waals surface area contributed by atoms with E-state index in [1.165, 1.54) is 13.0 Å². The van der Waals surface area contributed by atoms with Crippen molar-refractivity contribution in [1.82, 2.24) is 0 Å². The Morgan fingerprint density at radius 3 is 2.45 bits per heavy atom. The summed E-state index contributed by atoms with van der Waals surface area (Å²) in [6.45, 7) is 5.16. The summed E-state index contributed by atoms with van der Waals surface area (Å²) >= 11 is 0. The summed E-state index contributed by atoms with van der Waals surface area (Å²) in [5.41, 5.74) is 5.19. The van der Waals surface area contributed by atoms with Crippen molar-refractivity contribution in [2.75, 3.05) is 0 Å². The fourth-order valence-corrected chi connectivity index (χ4v) is 6.14. The number of carbonyl (C=O) groups is 3. The zero-order chi connectivity index (χ0) is 23.6. The second-order valence-electron chi connectivity index (χ2n) is 9.64. The first-order chi connectivity index (χ1) is 15.7. The molecule has 0 radical (unpaired) electrons. The third kappa shape index (κ3) is 3.17. The van der Waals surface area contributed by atoms with E-state index in [4.69, 9.17) is 0 Å². The van der Waals surface area contributed by atoms with Crippen LogP contribution in [0.15, 0.2) is 53.1 Å². The molecular formula is C28H26O5. The van der Waals surface area contributed by atoms with Crippen molar-refractivity contribution in [3.63, 3.8) is 0 Å². The first-order valence-electron chi connectivity index (χ1n) is 11.3. The molecule has 33 heavy (non-hydrogen) atoms. The molecule has 0 amide bonds. The normalized spacial score (nSPS) is 24.4. The average molecular weight is 443 g/mol. The fraction of sp³-hybridized carbons (Fsp3) is 0.321. The monoisotopic (exact) mass is 442 g/mol. The molecule has 2 aromatic carbocycles. The Hall–Kier alpha value is -3.47. The number of allylic oxidation sites excluding steroid dienone is 3. The lowest BCUT2D eigenvalue weighted by molar-refractivity contribution is -0.134. The van der Waals surface area contributed by atoms with E-state index in [-0.39, 0.29) is 45.8 Å². The van der Waals surface area contributed by atoms with E-state index < -0.39 is 17.5 Å². The highest BCUT2D eigenvalue weighted by Crippen LogP contribution is 2.51. The molecule has 168 valence electrons. The van der Waals surface area contributed by atoms with Gasteiger partial charge in [-0.3, -0.25) is 14.4 Å². The molecule has 5 heteroatoms. The van der Waals surface area contributed by atoms with Crippen LogP contribution in [0.5, 0.6) is 5.75 Å². The summed E-state index contributed by atoms with van der Waals surface area (Å²) < 4.78 is 0. The summed E-state index contributed by atoms with van der Waals surface area (Å²) in [4.78, 5) is 38.8. The van der Waals surface area contributed by atoms with Crippen LogP contribution in [0.3, 0.4) is 0 Å². The number of phenols is 1. The Balaban J connectivity index is 1.65. The van der Waals surface area contributed by atoms with Gasteiger partial charge >= 0.3 is 0 Å². The topological polar surface area (TPSA) is 91.7 Å². The Morgan fingerprint density at radius 2 is 1.76 bits per heavy atom. The standard InChI is InChI=1S/C28H26O5/c1-13-5-4-6-16(9-13)19-7-8-21(30)25-20(19)12-18-11-17-10-14(2)22(15(3)29)26(31)23(17)27(32)24(18)28(25)33/h4-9,17-18,23,30,33H,10-12H2,1-3H3. The first-order valence-corrected chi connectivity index (χ1v) is 11.3. The van der Waals surface area contributed by atoms with Crippen molar-refractivity contribution in [3.05, 3.63) is 69.8 Å². The molecule has 3 atom stereocenters. The summed E-state index contributed by atoms with van der Waals surface area (Å²) in [7, 11) is 0. The smallest absolute Gasteiger partial charge is 0.177 e. The number of phenolic OH excluding ortho intramolecular Hbond substituents is 1. The Labute approximate surface area is 192 Å². The Kier molecular flexibility index (Phi) is 4.89.